The van der Waals surface area contributed by atoms with Crippen molar-refractivity contribution in [1.29, 1.82) is 0 Å². The van der Waals surface area contributed by atoms with E-state index < -0.39 is 23.4 Å². The highest BCUT2D eigenvalue weighted by molar-refractivity contribution is 6.10. The Morgan fingerprint density at radius 3 is 2.77 bits per heavy atom. The van der Waals surface area contributed by atoms with Crippen LogP contribution in [0.25, 0.3) is 10.9 Å². The molecule has 5 rings (SSSR count). The van der Waals surface area contributed by atoms with E-state index in [0.717, 1.165) is 5.56 Å². The van der Waals surface area contributed by atoms with Gasteiger partial charge in [0.2, 0.25) is 5.54 Å². The first-order valence-electron chi connectivity index (χ1n) is 10.5. The lowest BCUT2D eigenvalue weighted by atomic mass is 9.99. The molecule has 1 saturated heterocycles. The van der Waals surface area contributed by atoms with Crippen molar-refractivity contribution in [3.05, 3.63) is 65.1 Å². The molecule has 4 heterocycles. The van der Waals surface area contributed by atoms with Gasteiger partial charge in [-0.1, -0.05) is 17.9 Å². The number of fused-ring (bicyclic) bond motifs is 2. The molecule has 0 saturated carbocycles. The lowest BCUT2D eigenvalue weighted by molar-refractivity contribution is -0.122. The van der Waals surface area contributed by atoms with Crippen molar-refractivity contribution in [2.45, 2.75) is 12.1 Å². The average molecular weight is 470 g/mol. The lowest BCUT2D eigenvalue weighted by Crippen LogP contribution is -2.54. The molecule has 174 valence electrons. The monoisotopic (exact) mass is 470 g/mol. The second-order valence-corrected chi connectivity index (χ2v) is 8.07. The van der Waals surface area contributed by atoms with Crippen LogP contribution in [0.1, 0.15) is 32.0 Å². The van der Waals surface area contributed by atoms with Gasteiger partial charge >= 0.3 is 6.03 Å². The topological polar surface area (TPSA) is 157 Å². The number of pyridine rings is 2. The summed E-state index contributed by atoms with van der Waals surface area (Å²) in [5.41, 5.74) is 5.59. The number of nitrogens with one attached hydrogen (secondary N) is 2. The number of ether oxygens (including phenoxy) is 1. The third-order valence-corrected chi connectivity index (χ3v) is 5.83. The van der Waals surface area contributed by atoms with E-state index in [4.69, 9.17) is 10.5 Å². The molecular formula is C24H18N6O5. The van der Waals surface area contributed by atoms with Gasteiger partial charge in [-0.25, -0.2) is 9.78 Å². The van der Waals surface area contributed by atoms with Gasteiger partial charge in [0.1, 0.15) is 11.4 Å². The summed E-state index contributed by atoms with van der Waals surface area (Å²) < 4.78 is 5.20. The van der Waals surface area contributed by atoms with Crippen LogP contribution in [0.5, 0.6) is 5.75 Å². The first-order chi connectivity index (χ1) is 16.8. The Kier molecular flexibility index (Phi) is 5.06. The summed E-state index contributed by atoms with van der Waals surface area (Å²) in [5.74, 6) is 4.51. The zero-order chi connectivity index (χ0) is 24.7. The van der Waals surface area contributed by atoms with Gasteiger partial charge in [0, 0.05) is 29.9 Å². The Balaban J connectivity index is 1.53. The van der Waals surface area contributed by atoms with E-state index in [1.807, 2.05) is 0 Å². The first kappa shape index (κ1) is 21.8. The number of urea groups is 1. The van der Waals surface area contributed by atoms with Crippen LogP contribution in [-0.2, 0) is 11.3 Å². The number of imide groups is 1. The smallest absolute Gasteiger partial charge is 0.323 e. The molecule has 1 fully saturated rings. The summed E-state index contributed by atoms with van der Waals surface area (Å²) >= 11 is 0. The van der Waals surface area contributed by atoms with E-state index in [1.165, 1.54) is 24.3 Å². The maximum Gasteiger partial charge on any atom is 0.323 e. The van der Waals surface area contributed by atoms with Gasteiger partial charge in [-0.3, -0.25) is 24.7 Å². The highest BCUT2D eigenvalue weighted by Gasteiger charge is 2.48. The third-order valence-electron chi connectivity index (χ3n) is 5.83. The van der Waals surface area contributed by atoms with E-state index >= 15 is 0 Å². The molecule has 0 unspecified atom stereocenters. The maximum absolute atomic E-state index is 13.0. The fourth-order valence-corrected chi connectivity index (χ4v) is 4.06. The van der Waals surface area contributed by atoms with Gasteiger partial charge in [-0.05, 0) is 29.8 Å². The molecule has 0 radical (unpaired) electrons. The number of primary amides is 1. The van der Waals surface area contributed by atoms with Crippen molar-refractivity contribution in [2.75, 3.05) is 13.7 Å². The summed E-state index contributed by atoms with van der Waals surface area (Å²) in [6, 6.07) is 7.54. The fourth-order valence-electron chi connectivity index (χ4n) is 4.06. The second kappa shape index (κ2) is 8.11. The predicted octanol–water partition coefficient (Wildman–Crippen LogP) is 0.323. The highest BCUT2D eigenvalue weighted by atomic mass is 16.5. The van der Waals surface area contributed by atoms with E-state index in [0.29, 0.717) is 27.8 Å². The molecule has 1 aromatic carbocycles. The van der Waals surface area contributed by atoms with Gasteiger partial charge in [-0.15, -0.1) is 0 Å². The Hall–Kier alpha value is -4.98. The number of hydrogen-bond acceptors (Lipinski definition) is 7. The van der Waals surface area contributed by atoms with Gasteiger partial charge in [-0.2, -0.15) is 0 Å². The van der Waals surface area contributed by atoms with Crippen LogP contribution in [0.15, 0.2) is 42.7 Å². The lowest BCUT2D eigenvalue weighted by Gasteiger charge is -2.26. The molecule has 5 amide bonds. The van der Waals surface area contributed by atoms with E-state index in [2.05, 4.69) is 32.4 Å². The maximum atomic E-state index is 13.0. The summed E-state index contributed by atoms with van der Waals surface area (Å²) in [4.78, 5) is 59.4. The van der Waals surface area contributed by atoms with Crippen LogP contribution >= 0.6 is 0 Å². The molecule has 0 aliphatic carbocycles. The van der Waals surface area contributed by atoms with Crippen molar-refractivity contribution >= 4 is 34.7 Å². The number of benzene rings is 1. The van der Waals surface area contributed by atoms with E-state index in [9.17, 15) is 19.2 Å². The van der Waals surface area contributed by atoms with Gasteiger partial charge in [0.15, 0.2) is 0 Å². The van der Waals surface area contributed by atoms with Crippen LogP contribution < -0.4 is 21.1 Å². The molecular weight excluding hydrogens is 452 g/mol. The number of aromatic nitrogens is 2. The average Bonchev–Trinajstić information content (AvgIpc) is 3.31. The molecule has 4 N–H and O–H groups in total. The summed E-state index contributed by atoms with van der Waals surface area (Å²) in [6.07, 6.45) is 2.98. The van der Waals surface area contributed by atoms with Gasteiger partial charge in [0.05, 0.1) is 24.7 Å². The molecule has 3 aromatic rings. The fraction of sp³-hybridized carbons (Fsp3) is 0.167. The van der Waals surface area contributed by atoms with E-state index in [1.54, 1.807) is 30.5 Å². The minimum absolute atomic E-state index is 0.0456. The third kappa shape index (κ3) is 3.76. The van der Waals surface area contributed by atoms with Crippen molar-refractivity contribution in [3.8, 4) is 17.6 Å². The van der Waals surface area contributed by atoms with Crippen LogP contribution in [-0.4, -0.2) is 57.8 Å². The zero-order valence-corrected chi connectivity index (χ0v) is 18.4. The first-order valence-corrected chi connectivity index (χ1v) is 10.5. The molecule has 35 heavy (non-hydrogen) atoms. The zero-order valence-electron chi connectivity index (χ0n) is 18.4. The van der Waals surface area contributed by atoms with Crippen LogP contribution in [0.4, 0.5) is 4.79 Å². The number of rotatable bonds is 4. The predicted molar refractivity (Wildman–Crippen MR) is 122 cm³/mol. The molecule has 0 spiro atoms. The summed E-state index contributed by atoms with van der Waals surface area (Å²) in [5, 5.41) is 5.35. The minimum atomic E-state index is -1.71. The van der Waals surface area contributed by atoms with E-state index in [-0.39, 0.29) is 24.7 Å². The number of methoxy groups -OCH3 is 1. The molecule has 11 nitrogen and oxygen atoms in total. The number of carbonyl (C=O) groups is 4. The summed E-state index contributed by atoms with van der Waals surface area (Å²) in [7, 11) is 1.51. The number of carbonyl (C=O) groups excluding carboxylic acids is 4. The van der Waals surface area contributed by atoms with Crippen LogP contribution in [0.2, 0.25) is 0 Å². The minimum Gasteiger partial charge on any atom is -0.497 e. The largest absolute Gasteiger partial charge is 0.497 e. The Morgan fingerprint density at radius 2 is 2.06 bits per heavy atom. The number of amides is 5. The quantitative estimate of drug-likeness (QED) is 0.366. The second-order valence-electron chi connectivity index (χ2n) is 8.07. The Bertz CT molecular complexity index is 1510. The molecule has 2 aliphatic heterocycles. The van der Waals surface area contributed by atoms with Crippen molar-refractivity contribution in [2.24, 2.45) is 5.73 Å². The standard InChI is InChI=1S/C24H18N6O5/c1-35-16-4-2-15-11-30(21(32)17(15)8-16)12-24(22(33)28-23(34)29-24)7-6-14-10-26-9-13-3-5-18(20(25)31)27-19(13)14/h2-5,8-10H,11-12H2,1H3,(H2,25,31)(H2,28,29,33,34)/t24-/m1/s1. The normalized spacial score (nSPS) is 18.5. The SMILES string of the molecule is COc1ccc2c(c1)C(=O)N(C[C@@]1(C#Cc3cncc4ccc(C(N)=O)nc34)NC(=O)NC1=O)C2. The van der Waals surface area contributed by atoms with Gasteiger partial charge < -0.3 is 20.7 Å². The van der Waals surface area contributed by atoms with Crippen molar-refractivity contribution in [3.63, 3.8) is 0 Å². The number of nitrogens with zero attached hydrogens (tertiary/aromatic N) is 3. The molecule has 2 aromatic heterocycles. The van der Waals surface area contributed by atoms with Crippen molar-refractivity contribution in [1.82, 2.24) is 25.5 Å². The Labute approximate surface area is 198 Å². The van der Waals surface area contributed by atoms with Crippen LogP contribution in [0.3, 0.4) is 0 Å². The molecule has 11 heteroatoms. The number of hydrogen-bond donors (Lipinski definition) is 3. The van der Waals surface area contributed by atoms with Crippen molar-refractivity contribution < 1.29 is 23.9 Å². The molecule has 1 atom stereocenters. The molecule has 2 aliphatic rings. The Morgan fingerprint density at radius 1 is 1.23 bits per heavy atom. The molecule has 0 bridgehead atoms. The van der Waals surface area contributed by atoms with Crippen LogP contribution in [0, 0.1) is 11.8 Å². The summed E-state index contributed by atoms with van der Waals surface area (Å²) in [6.45, 7) is 0.0512. The van der Waals surface area contributed by atoms with Gasteiger partial charge in [0.25, 0.3) is 17.7 Å². The number of nitrogens with two attached hydrogens (primary N) is 1. The highest BCUT2D eigenvalue weighted by Crippen LogP contribution is 2.28.